The summed E-state index contributed by atoms with van der Waals surface area (Å²) in [5.41, 5.74) is 3.52. The van der Waals surface area contributed by atoms with E-state index >= 15 is 0 Å². The minimum Gasteiger partial charge on any atom is -0.459 e. The predicted octanol–water partition coefficient (Wildman–Crippen LogP) is 5.77. The number of oxazole rings is 1. The molecule has 0 aliphatic rings. The number of nitro groups is 1. The van der Waals surface area contributed by atoms with Crippen LogP contribution in [-0.2, 0) is 13.0 Å². The molecular formula is C26H22ClN5O5. The Labute approximate surface area is 216 Å². The first-order valence-corrected chi connectivity index (χ1v) is 11.8. The molecule has 0 radical (unpaired) electrons. The van der Waals surface area contributed by atoms with Crippen LogP contribution < -0.4 is 5.32 Å². The van der Waals surface area contributed by atoms with Gasteiger partial charge in [-0.15, -0.1) is 0 Å². The predicted molar refractivity (Wildman–Crippen MR) is 139 cm³/mol. The highest BCUT2D eigenvalue weighted by Crippen LogP contribution is 2.27. The van der Waals surface area contributed by atoms with E-state index in [1.54, 1.807) is 42.5 Å². The number of aryl methyl sites for hydroxylation is 1. The normalized spacial score (nSPS) is 11.5. The van der Waals surface area contributed by atoms with E-state index < -0.39 is 4.92 Å². The Bertz CT molecular complexity index is 1640. The summed E-state index contributed by atoms with van der Waals surface area (Å²) < 4.78 is 11.6. The molecule has 0 bridgehead atoms. The van der Waals surface area contributed by atoms with Crippen molar-refractivity contribution in [3.8, 4) is 0 Å². The van der Waals surface area contributed by atoms with Crippen LogP contribution in [0.1, 0.15) is 27.6 Å². The Balaban J connectivity index is 1.29. The fraction of sp³-hybridized carbons (Fsp3) is 0.192. The van der Waals surface area contributed by atoms with Crippen molar-refractivity contribution in [2.75, 3.05) is 18.9 Å². The molecule has 1 amide bonds. The van der Waals surface area contributed by atoms with E-state index in [9.17, 15) is 14.9 Å². The SMILES string of the molecule is Cc1oc2ccc(NC(=O)c3ccccc3Cl)nc2c1CCN(C)Cc1nc2ccc([N+](=O)[O-])cc2o1. The number of carbonyl (C=O) groups is 1. The van der Waals surface area contributed by atoms with Gasteiger partial charge in [0.1, 0.15) is 22.6 Å². The number of non-ortho nitro benzene ring substituents is 1. The third-order valence-electron chi connectivity index (χ3n) is 5.97. The monoisotopic (exact) mass is 519 g/mol. The summed E-state index contributed by atoms with van der Waals surface area (Å²) in [7, 11) is 1.93. The van der Waals surface area contributed by atoms with Gasteiger partial charge >= 0.3 is 0 Å². The second kappa shape index (κ2) is 10.00. The Morgan fingerprint density at radius 1 is 1.11 bits per heavy atom. The van der Waals surface area contributed by atoms with Crippen molar-refractivity contribution in [1.29, 1.82) is 0 Å². The van der Waals surface area contributed by atoms with E-state index in [-0.39, 0.29) is 11.6 Å². The molecular weight excluding hydrogens is 498 g/mol. The Hall–Kier alpha value is -4.28. The Morgan fingerprint density at radius 3 is 2.70 bits per heavy atom. The number of hydrogen-bond acceptors (Lipinski definition) is 8. The molecule has 0 aliphatic heterocycles. The number of nitrogens with zero attached hydrogens (tertiary/aromatic N) is 4. The molecule has 0 fully saturated rings. The van der Waals surface area contributed by atoms with E-state index in [0.29, 0.717) is 64.0 Å². The molecule has 0 aliphatic carbocycles. The summed E-state index contributed by atoms with van der Waals surface area (Å²) in [5.74, 6) is 1.27. The lowest BCUT2D eigenvalue weighted by molar-refractivity contribution is -0.384. The van der Waals surface area contributed by atoms with Crippen LogP contribution in [0.3, 0.4) is 0 Å². The van der Waals surface area contributed by atoms with Crippen molar-refractivity contribution < 1.29 is 18.6 Å². The number of nitro benzene ring substituents is 1. The molecule has 1 N–H and O–H groups in total. The van der Waals surface area contributed by atoms with Crippen LogP contribution in [0.15, 0.2) is 63.4 Å². The highest BCUT2D eigenvalue weighted by molar-refractivity contribution is 6.34. The summed E-state index contributed by atoms with van der Waals surface area (Å²) in [6, 6.07) is 14.6. The summed E-state index contributed by atoms with van der Waals surface area (Å²) in [5, 5.41) is 14.2. The van der Waals surface area contributed by atoms with E-state index in [4.69, 9.17) is 20.4 Å². The highest BCUT2D eigenvalue weighted by Gasteiger charge is 2.17. The first-order chi connectivity index (χ1) is 17.8. The van der Waals surface area contributed by atoms with Gasteiger partial charge in [-0.3, -0.25) is 19.8 Å². The number of benzene rings is 2. The molecule has 3 heterocycles. The Kier molecular flexibility index (Phi) is 6.60. The van der Waals surface area contributed by atoms with Crippen molar-refractivity contribution in [2.24, 2.45) is 0 Å². The number of likely N-dealkylation sites (N-methyl/N-ethyl adjacent to an activating group) is 1. The number of aromatic nitrogens is 2. The molecule has 37 heavy (non-hydrogen) atoms. The third-order valence-corrected chi connectivity index (χ3v) is 6.30. The van der Waals surface area contributed by atoms with Crippen LogP contribution in [0, 0.1) is 17.0 Å². The van der Waals surface area contributed by atoms with Crippen LogP contribution in [-0.4, -0.2) is 39.3 Å². The number of furan rings is 1. The molecule has 5 aromatic rings. The second-order valence-corrected chi connectivity index (χ2v) is 9.03. The number of fused-ring (bicyclic) bond motifs is 2. The Morgan fingerprint density at radius 2 is 1.92 bits per heavy atom. The second-order valence-electron chi connectivity index (χ2n) is 8.62. The van der Waals surface area contributed by atoms with Gasteiger partial charge in [0.05, 0.1) is 28.1 Å². The summed E-state index contributed by atoms with van der Waals surface area (Å²) in [6.07, 6.45) is 0.635. The number of nitrogens with one attached hydrogen (secondary N) is 1. The number of carbonyl (C=O) groups excluding carboxylic acids is 1. The molecule has 188 valence electrons. The first kappa shape index (κ1) is 24.4. The molecule has 5 rings (SSSR count). The fourth-order valence-electron chi connectivity index (χ4n) is 4.09. The number of anilines is 1. The highest BCUT2D eigenvalue weighted by atomic mass is 35.5. The van der Waals surface area contributed by atoms with Crippen LogP contribution in [0.25, 0.3) is 22.2 Å². The standard InChI is InChI=1S/C26H22ClN5O5/c1-15-17(11-12-31(2)14-24-28-20-8-7-16(32(34)35)13-22(20)37-24)25-21(36-15)9-10-23(29-25)30-26(33)18-5-3-4-6-19(18)27/h3-10,13H,11-12,14H2,1-2H3,(H,29,30,33). The third kappa shape index (κ3) is 5.16. The van der Waals surface area contributed by atoms with E-state index in [0.717, 1.165) is 11.3 Å². The zero-order valence-electron chi connectivity index (χ0n) is 20.0. The lowest BCUT2D eigenvalue weighted by Gasteiger charge is -2.14. The van der Waals surface area contributed by atoms with Crippen LogP contribution in [0.4, 0.5) is 11.5 Å². The van der Waals surface area contributed by atoms with Gasteiger partial charge < -0.3 is 14.2 Å². The van der Waals surface area contributed by atoms with Crippen LogP contribution >= 0.6 is 11.6 Å². The lowest BCUT2D eigenvalue weighted by Crippen LogP contribution is -2.21. The molecule has 10 nitrogen and oxygen atoms in total. The summed E-state index contributed by atoms with van der Waals surface area (Å²) in [6.45, 7) is 2.95. The van der Waals surface area contributed by atoms with Gasteiger partial charge in [-0.1, -0.05) is 23.7 Å². The van der Waals surface area contributed by atoms with E-state index in [2.05, 4.69) is 15.3 Å². The van der Waals surface area contributed by atoms with Crippen molar-refractivity contribution in [1.82, 2.24) is 14.9 Å². The molecule has 3 aromatic heterocycles. The largest absolute Gasteiger partial charge is 0.459 e. The molecule has 0 spiro atoms. The summed E-state index contributed by atoms with van der Waals surface area (Å²) >= 11 is 6.14. The van der Waals surface area contributed by atoms with Gasteiger partial charge in [0.2, 0.25) is 5.89 Å². The average molecular weight is 520 g/mol. The molecule has 0 saturated heterocycles. The summed E-state index contributed by atoms with van der Waals surface area (Å²) in [4.78, 5) is 34.3. The molecule has 11 heteroatoms. The molecule has 2 aromatic carbocycles. The first-order valence-electron chi connectivity index (χ1n) is 11.5. The van der Waals surface area contributed by atoms with E-state index in [1.807, 2.05) is 18.9 Å². The van der Waals surface area contributed by atoms with Crippen molar-refractivity contribution in [3.63, 3.8) is 0 Å². The minimum absolute atomic E-state index is 0.0409. The topological polar surface area (TPSA) is 128 Å². The van der Waals surface area contributed by atoms with Crippen LogP contribution in [0.2, 0.25) is 5.02 Å². The minimum atomic E-state index is -0.465. The fourth-order valence-corrected chi connectivity index (χ4v) is 4.31. The molecule has 0 unspecified atom stereocenters. The zero-order valence-corrected chi connectivity index (χ0v) is 20.8. The van der Waals surface area contributed by atoms with Gasteiger partial charge in [-0.25, -0.2) is 9.97 Å². The smallest absolute Gasteiger partial charge is 0.273 e. The van der Waals surface area contributed by atoms with Gasteiger partial charge in [-0.2, -0.15) is 0 Å². The van der Waals surface area contributed by atoms with Gasteiger partial charge in [-0.05, 0) is 50.7 Å². The average Bonchev–Trinajstić information content (AvgIpc) is 3.41. The number of halogens is 1. The van der Waals surface area contributed by atoms with Gasteiger partial charge in [0.25, 0.3) is 11.6 Å². The van der Waals surface area contributed by atoms with Gasteiger partial charge in [0.15, 0.2) is 11.2 Å². The number of rotatable bonds is 8. The maximum Gasteiger partial charge on any atom is 0.273 e. The van der Waals surface area contributed by atoms with Crippen LogP contribution in [0.5, 0.6) is 0 Å². The van der Waals surface area contributed by atoms with Crippen molar-refractivity contribution in [2.45, 2.75) is 19.9 Å². The van der Waals surface area contributed by atoms with Crippen molar-refractivity contribution in [3.05, 3.63) is 92.5 Å². The molecule has 0 saturated carbocycles. The quantitative estimate of drug-likeness (QED) is 0.202. The van der Waals surface area contributed by atoms with Gasteiger partial charge in [0, 0.05) is 18.2 Å². The maximum absolute atomic E-state index is 12.7. The lowest BCUT2D eigenvalue weighted by atomic mass is 10.1. The number of hydrogen-bond donors (Lipinski definition) is 1. The number of pyridine rings is 1. The van der Waals surface area contributed by atoms with Crippen molar-refractivity contribution >= 4 is 51.2 Å². The number of amides is 1. The molecule has 0 atom stereocenters. The van der Waals surface area contributed by atoms with E-state index in [1.165, 1.54) is 12.1 Å². The zero-order chi connectivity index (χ0) is 26.1. The maximum atomic E-state index is 12.7.